The van der Waals surface area contributed by atoms with E-state index in [0.29, 0.717) is 53.1 Å². The van der Waals surface area contributed by atoms with E-state index in [1.54, 1.807) is 18.2 Å². The molecule has 1 aliphatic rings. The monoisotopic (exact) mass is 545 g/mol. The van der Waals surface area contributed by atoms with E-state index in [4.69, 9.17) is 9.47 Å². The molecule has 37 heavy (non-hydrogen) atoms. The SMILES string of the molecule is COc1cccc(OC)c1-n1c(NS(=O)(=O)[C@@H]2CCC[C@H]2c2ncc(F)cn2)nnc1-c1nc(C)cs1. The van der Waals surface area contributed by atoms with Gasteiger partial charge in [0.15, 0.2) is 16.6 Å². The van der Waals surface area contributed by atoms with Crippen LogP contribution in [0.1, 0.15) is 36.7 Å². The van der Waals surface area contributed by atoms with E-state index in [0.717, 1.165) is 18.1 Å². The Kier molecular flexibility index (Phi) is 6.77. The molecular formula is C23H24FN7O4S2. The second-order valence-electron chi connectivity index (χ2n) is 8.47. The van der Waals surface area contributed by atoms with Crippen molar-refractivity contribution in [2.24, 2.45) is 0 Å². The average Bonchev–Trinajstić information content (AvgIpc) is 3.64. The predicted octanol–water partition coefficient (Wildman–Crippen LogP) is 3.72. The van der Waals surface area contributed by atoms with E-state index in [9.17, 15) is 12.8 Å². The molecule has 1 saturated carbocycles. The van der Waals surface area contributed by atoms with Crippen LogP contribution in [0.2, 0.25) is 0 Å². The summed E-state index contributed by atoms with van der Waals surface area (Å²) in [5.74, 6) is 0.348. The number of aromatic nitrogens is 6. The lowest BCUT2D eigenvalue weighted by Gasteiger charge is -2.21. The number of thiazole rings is 1. The number of para-hydroxylation sites is 1. The Hall–Kier alpha value is -3.65. The minimum atomic E-state index is -4.00. The van der Waals surface area contributed by atoms with Crippen LogP contribution in [0.25, 0.3) is 16.5 Å². The van der Waals surface area contributed by atoms with Crippen LogP contribution in [-0.4, -0.2) is 57.6 Å². The number of rotatable bonds is 8. The molecule has 0 aliphatic heterocycles. The van der Waals surface area contributed by atoms with Crippen molar-refractivity contribution in [2.75, 3.05) is 18.9 Å². The Labute approximate surface area is 216 Å². The molecule has 0 amide bonds. The van der Waals surface area contributed by atoms with Crippen molar-refractivity contribution in [3.63, 3.8) is 0 Å². The number of nitrogens with zero attached hydrogens (tertiary/aromatic N) is 6. The maximum Gasteiger partial charge on any atom is 0.243 e. The number of aryl methyl sites for hydroxylation is 1. The zero-order valence-electron chi connectivity index (χ0n) is 20.3. The van der Waals surface area contributed by atoms with Crippen LogP contribution >= 0.6 is 11.3 Å². The number of halogens is 1. The van der Waals surface area contributed by atoms with Crippen LogP contribution in [0.4, 0.5) is 10.3 Å². The number of anilines is 1. The van der Waals surface area contributed by atoms with Crippen molar-refractivity contribution in [1.29, 1.82) is 0 Å². The van der Waals surface area contributed by atoms with Crippen molar-refractivity contribution >= 4 is 27.3 Å². The molecule has 0 radical (unpaired) electrons. The van der Waals surface area contributed by atoms with Crippen LogP contribution in [0, 0.1) is 12.7 Å². The average molecular weight is 546 g/mol. The van der Waals surface area contributed by atoms with Crippen LogP contribution in [0.5, 0.6) is 11.5 Å². The smallest absolute Gasteiger partial charge is 0.243 e. The number of methoxy groups -OCH3 is 2. The zero-order valence-corrected chi connectivity index (χ0v) is 21.9. The highest BCUT2D eigenvalue weighted by molar-refractivity contribution is 7.93. The molecule has 1 N–H and O–H groups in total. The molecule has 1 fully saturated rings. The Morgan fingerprint density at radius 3 is 2.43 bits per heavy atom. The standard InChI is InChI=1S/C23H24FN7O4S2/c1-13-12-36-22(27-13)21-28-29-23(31(21)19-16(34-2)7-5-8-17(19)35-3)30-37(32,33)18-9-4-6-15(18)20-25-10-14(24)11-26-20/h5,7-8,10-12,15,18H,4,6,9H2,1-3H3,(H,29,30)/t15-,18-/m1/s1. The quantitative estimate of drug-likeness (QED) is 0.351. The Bertz CT molecular complexity index is 1500. The molecule has 1 aliphatic carbocycles. The maximum atomic E-state index is 13.7. The van der Waals surface area contributed by atoms with Crippen molar-refractivity contribution in [1.82, 2.24) is 29.7 Å². The van der Waals surface area contributed by atoms with Crippen LogP contribution in [0.15, 0.2) is 36.0 Å². The van der Waals surface area contributed by atoms with Crippen LogP contribution < -0.4 is 14.2 Å². The van der Waals surface area contributed by atoms with E-state index in [-0.39, 0.29) is 5.95 Å². The molecule has 0 saturated heterocycles. The molecule has 3 heterocycles. The second-order valence-corrected chi connectivity index (χ2v) is 11.2. The summed E-state index contributed by atoms with van der Waals surface area (Å²) in [5.41, 5.74) is 1.21. The van der Waals surface area contributed by atoms with Gasteiger partial charge >= 0.3 is 0 Å². The second kappa shape index (κ2) is 10.0. The summed E-state index contributed by atoms with van der Waals surface area (Å²) >= 11 is 1.35. The topological polar surface area (TPSA) is 134 Å². The normalized spacial score (nSPS) is 17.6. The van der Waals surface area contributed by atoms with E-state index < -0.39 is 27.0 Å². The first-order valence-corrected chi connectivity index (χ1v) is 13.8. The van der Waals surface area contributed by atoms with Gasteiger partial charge in [0.2, 0.25) is 16.0 Å². The van der Waals surface area contributed by atoms with E-state index in [1.807, 2.05) is 12.3 Å². The molecule has 4 aromatic rings. The van der Waals surface area contributed by atoms with Gasteiger partial charge in [0.25, 0.3) is 0 Å². The summed E-state index contributed by atoms with van der Waals surface area (Å²) in [6.07, 6.45) is 3.71. The van der Waals surface area contributed by atoms with Gasteiger partial charge in [-0.1, -0.05) is 12.5 Å². The van der Waals surface area contributed by atoms with E-state index >= 15 is 0 Å². The highest BCUT2D eigenvalue weighted by Crippen LogP contribution is 2.40. The van der Waals surface area contributed by atoms with Crippen molar-refractivity contribution in [3.05, 3.63) is 53.3 Å². The molecule has 0 spiro atoms. The zero-order chi connectivity index (χ0) is 26.2. The van der Waals surface area contributed by atoms with Gasteiger partial charge in [-0.05, 0) is 31.9 Å². The summed E-state index contributed by atoms with van der Waals surface area (Å²) < 4.78 is 56.1. The lowest BCUT2D eigenvalue weighted by Crippen LogP contribution is -2.31. The van der Waals surface area contributed by atoms with Crippen molar-refractivity contribution < 1.29 is 22.3 Å². The van der Waals surface area contributed by atoms with E-state index in [1.165, 1.54) is 30.1 Å². The molecule has 0 unspecified atom stereocenters. The third-order valence-corrected chi connectivity index (χ3v) is 8.94. The number of hydrogen-bond donors (Lipinski definition) is 1. The lowest BCUT2D eigenvalue weighted by molar-refractivity contribution is 0.391. The minimum absolute atomic E-state index is 0.0451. The molecule has 0 bridgehead atoms. The van der Waals surface area contributed by atoms with E-state index in [2.05, 4.69) is 29.9 Å². The summed E-state index contributed by atoms with van der Waals surface area (Å²) in [6, 6.07) is 5.21. The predicted molar refractivity (Wildman–Crippen MR) is 135 cm³/mol. The molecule has 5 rings (SSSR count). The van der Waals surface area contributed by atoms with Gasteiger partial charge in [-0.3, -0.25) is 9.29 Å². The Morgan fingerprint density at radius 2 is 1.81 bits per heavy atom. The largest absolute Gasteiger partial charge is 0.494 e. The van der Waals surface area contributed by atoms with Gasteiger partial charge < -0.3 is 9.47 Å². The van der Waals surface area contributed by atoms with Crippen molar-refractivity contribution in [2.45, 2.75) is 37.4 Å². The molecule has 2 atom stereocenters. The first kappa shape index (κ1) is 25.0. The lowest BCUT2D eigenvalue weighted by atomic mass is 10.1. The van der Waals surface area contributed by atoms with Gasteiger partial charge in [-0.2, -0.15) is 0 Å². The minimum Gasteiger partial charge on any atom is -0.494 e. The number of benzene rings is 1. The van der Waals surface area contributed by atoms with Crippen LogP contribution in [0.3, 0.4) is 0 Å². The van der Waals surface area contributed by atoms with Gasteiger partial charge in [0.1, 0.15) is 23.0 Å². The first-order valence-electron chi connectivity index (χ1n) is 11.4. The highest BCUT2D eigenvalue weighted by Gasteiger charge is 2.41. The summed E-state index contributed by atoms with van der Waals surface area (Å²) in [6.45, 7) is 1.85. The number of hydrogen-bond acceptors (Lipinski definition) is 10. The molecule has 1 aromatic carbocycles. The first-order chi connectivity index (χ1) is 17.8. The fourth-order valence-electron chi connectivity index (χ4n) is 4.52. The van der Waals surface area contributed by atoms with Gasteiger partial charge in [0.05, 0.1) is 31.9 Å². The third-order valence-electron chi connectivity index (χ3n) is 6.16. The van der Waals surface area contributed by atoms with Crippen molar-refractivity contribution in [3.8, 4) is 28.0 Å². The highest BCUT2D eigenvalue weighted by atomic mass is 32.2. The van der Waals surface area contributed by atoms with Gasteiger partial charge in [-0.15, -0.1) is 21.5 Å². The summed E-state index contributed by atoms with van der Waals surface area (Å²) in [5, 5.41) is 10.0. The van der Waals surface area contributed by atoms with Crippen LogP contribution in [-0.2, 0) is 10.0 Å². The fraction of sp³-hybridized carbons (Fsp3) is 0.348. The molecule has 3 aromatic heterocycles. The Morgan fingerprint density at radius 1 is 1.11 bits per heavy atom. The fourth-order valence-corrected chi connectivity index (χ4v) is 6.99. The summed E-state index contributed by atoms with van der Waals surface area (Å²) in [7, 11) is -0.989. The molecule has 14 heteroatoms. The number of nitrogens with one attached hydrogen (secondary N) is 1. The number of sulfonamides is 1. The van der Waals surface area contributed by atoms with Gasteiger partial charge in [0, 0.05) is 17.0 Å². The van der Waals surface area contributed by atoms with Gasteiger partial charge in [-0.25, -0.2) is 27.8 Å². The molecule has 11 nitrogen and oxygen atoms in total. The molecule has 194 valence electrons. The summed E-state index contributed by atoms with van der Waals surface area (Å²) in [4.78, 5) is 12.6. The maximum absolute atomic E-state index is 13.7. The Balaban J connectivity index is 1.60. The third kappa shape index (κ3) is 4.73. The number of ether oxygens (including phenoxy) is 2. The molecular weight excluding hydrogens is 521 g/mol.